The predicted octanol–water partition coefficient (Wildman–Crippen LogP) is 6.44. The van der Waals surface area contributed by atoms with Gasteiger partial charge in [0.2, 0.25) is 11.8 Å². The van der Waals surface area contributed by atoms with E-state index in [0.29, 0.717) is 34.1 Å². The summed E-state index contributed by atoms with van der Waals surface area (Å²) in [5.74, 6) is -0.364. The second-order valence-electron chi connectivity index (χ2n) is 10.8. The van der Waals surface area contributed by atoms with Gasteiger partial charge in [-0.2, -0.15) is 4.98 Å². The second-order valence-corrected chi connectivity index (χ2v) is 11.2. The number of nitrogens with one attached hydrogen (secondary N) is 1. The molecule has 0 saturated carbocycles. The van der Waals surface area contributed by atoms with Crippen LogP contribution in [0.2, 0.25) is 5.02 Å². The lowest BCUT2D eigenvalue weighted by atomic mass is 9.95. The average Bonchev–Trinajstić information content (AvgIpc) is 2.99. The summed E-state index contributed by atoms with van der Waals surface area (Å²) in [4.78, 5) is 26.0. The summed E-state index contributed by atoms with van der Waals surface area (Å²) < 4.78 is 26.2. The monoisotopic (exact) mass is 618 g/mol. The van der Waals surface area contributed by atoms with E-state index >= 15 is 4.39 Å². The van der Waals surface area contributed by atoms with Crippen molar-refractivity contribution < 1.29 is 18.7 Å². The van der Waals surface area contributed by atoms with Crippen LogP contribution in [0.5, 0.6) is 11.6 Å². The maximum atomic E-state index is 15.1. The van der Waals surface area contributed by atoms with Crippen molar-refractivity contribution in [3.05, 3.63) is 82.6 Å². The number of anilines is 2. The van der Waals surface area contributed by atoms with Crippen LogP contribution in [0.1, 0.15) is 17.5 Å². The highest BCUT2D eigenvalue weighted by molar-refractivity contribution is 6.33. The van der Waals surface area contributed by atoms with Gasteiger partial charge in [0, 0.05) is 60.6 Å². The molecule has 0 bridgehead atoms. The molecule has 1 aromatic heterocycles. The highest BCUT2D eigenvalue weighted by Crippen LogP contribution is 2.42. The molecule has 11 heteroatoms. The Balaban J connectivity index is 1.42. The van der Waals surface area contributed by atoms with Gasteiger partial charge in [-0.1, -0.05) is 48.0 Å². The smallest absolute Gasteiger partial charge is 0.411 e. The molecule has 0 unspecified atom stereocenters. The third kappa shape index (κ3) is 7.45. The first kappa shape index (κ1) is 31.2. The predicted molar refractivity (Wildman–Crippen MR) is 171 cm³/mol. The Morgan fingerprint density at radius 2 is 1.77 bits per heavy atom. The van der Waals surface area contributed by atoms with Gasteiger partial charge in [-0.15, -0.1) is 0 Å². The molecule has 5 rings (SSSR count). The van der Waals surface area contributed by atoms with Crippen molar-refractivity contribution in [3.8, 4) is 34.0 Å². The molecule has 1 saturated heterocycles. The van der Waals surface area contributed by atoms with Gasteiger partial charge in [0.25, 0.3) is 0 Å². The van der Waals surface area contributed by atoms with Crippen LogP contribution in [0.25, 0.3) is 22.4 Å². The average molecular weight is 619 g/mol. The Hall–Kier alpha value is -4.25. The van der Waals surface area contributed by atoms with Crippen molar-refractivity contribution in [1.82, 2.24) is 19.8 Å². The minimum atomic E-state index is -1.05. The molecule has 3 N–H and O–H groups in total. The first-order valence-electron chi connectivity index (χ1n) is 14.5. The van der Waals surface area contributed by atoms with Crippen molar-refractivity contribution in [2.45, 2.75) is 20.3 Å². The fraction of sp³-hybridized carbons (Fsp3) is 0.303. The first-order valence-corrected chi connectivity index (χ1v) is 14.9. The number of hydrogen-bond donors (Lipinski definition) is 2. The van der Waals surface area contributed by atoms with Crippen molar-refractivity contribution in [3.63, 3.8) is 0 Å². The summed E-state index contributed by atoms with van der Waals surface area (Å²) in [6.07, 6.45) is -0.242. The standard InChI is InChI=1S/C33H36ClFN6O3/c1-21-8-6-10-24(22(21)2)30-29(25-9-4-5-11-26(25)34)31(44-32(36)42)39-33(38-30)37-23-12-13-28(27(35)20-23)43-19-7-14-41-17-15-40(3)16-18-41/h4-6,8-13,20H,7,14-19H2,1-3H3,(H2,36,42)(H,37,38,39). The molecule has 3 aromatic carbocycles. The number of nitrogens with two attached hydrogens (primary N) is 1. The highest BCUT2D eigenvalue weighted by Gasteiger charge is 2.24. The summed E-state index contributed by atoms with van der Waals surface area (Å²) in [6.45, 7) is 9.47. The SMILES string of the molecule is Cc1cccc(-c2nc(Nc3ccc(OCCCN4CCN(C)CC4)c(F)c3)nc(OC(N)=O)c2-c2ccccc2Cl)c1C. The molecule has 0 atom stereocenters. The Labute approximate surface area is 261 Å². The van der Waals surface area contributed by atoms with Crippen LogP contribution in [0, 0.1) is 19.7 Å². The third-order valence-corrected chi connectivity index (χ3v) is 8.07. The van der Waals surface area contributed by atoms with Gasteiger partial charge in [-0.05, 0) is 56.6 Å². The van der Waals surface area contributed by atoms with E-state index in [4.69, 9.17) is 31.8 Å². The van der Waals surface area contributed by atoms with Gasteiger partial charge in [-0.25, -0.2) is 14.2 Å². The molecule has 1 aliphatic rings. The molecule has 1 amide bonds. The van der Waals surface area contributed by atoms with E-state index in [9.17, 15) is 4.79 Å². The molecule has 44 heavy (non-hydrogen) atoms. The van der Waals surface area contributed by atoms with Crippen LogP contribution in [-0.2, 0) is 0 Å². The van der Waals surface area contributed by atoms with Gasteiger partial charge in [0.1, 0.15) is 0 Å². The van der Waals surface area contributed by atoms with Crippen LogP contribution in [-0.4, -0.2) is 72.2 Å². The lowest BCUT2D eigenvalue weighted by Gasteiger charge is -2.32. The molecule has 9 nitrogen and oxygen atoms in total. The number of likely N-dealkylation sites (N-methyl/N-ethyl adjacent to an activating group) is 1. The van der Waals surface area contributed by atoms with Gasteiger partial charge in [-0.3, -0.25) is 0 Å². The molecule has 0 aliphatic carbocycles. The van der Waals surface area contributed by atoms with Gasteiger partial charge in [0.15, 0.2) is 11.6 Å². The number of aromatic nitrogens is 2. The quantitative estimate of drug-likeness (QED) is 0.196. The topological polar surface area (TPSA) is 106 Å². The molecule has 1 aliphatic heterocycles. The number of carbonyl (C=O) groups is 1. The molecule has 0 spiro atoms. The Kier molecular flexibility index (Phi) is 9.94. The number of amides is 1. The zero-order chi connectivity index (χ0) is 31.2. The number of rotatable bonds is 10. The van der Waals surface area contributed by atoms with Gasteiger partial charge >= 0.3 is 6.09 Å². The largest absolute Gasteiger partial charge is 0.490 e. The zero-order valence-corrected chi connectivity index (χ0v) is 25.8. The number of nitrogens with zero attached hydrogens (tertiary/aromatic N) is 4. The molecule has 2 heterocycles. The Morgan fingerprint density at radius 1 is 1.02 bits per heavy atom. The highest BCUT2D eigenvalue weighted by atomic mass is 35.5. The maximum Gasteiger partial charge on any atom is 0.411 e. The van der Waals surface area contributed by atoms with E-state index in [1.807, 2.05) is 38.1 Å². The van der Waals surface area contributed by atoms with Crippen molar-refractivity contribution >= 4 is 29.3 Å². The van der Waals surface area contributed by atoms with Crippen molar-refractivity contribution in [2.24, 2.45) is 5.73 Å². The van der Waals surface area contributed by atoms with E-state index in [2.05, 4.69) is 27.1 Å². The number of ether oxygens (including phenoxy) is 2. The fourth-order valence-corrected chi connectivity index (χ4v) is 5.37. The van der Waals surface area contributed by atoms with E-state index in [1.165, 1.54) is 6.07 Å². The minimum absolute atomic E-state index is 0.0770. The summed E-state index contributed by atoms with van der Waals surface area (Å²) in [6, 6.07) is 17.5. The lowest BCUT2D eigenvalue weighted by Crippen LogP contribution is -2.44. The number of aryl methyl sites for hydroxylation is 1. The summed E-state index contributed by atoms with van der Waals surface area (Å²) in [7, 11) is 2.13. The van der Waals surface area contributed by atoms with Gasteiger partial charge < -0.3 is 30.3 Å². The minimum Gasteiger partial charge on any atom is -0.490 e. The fourth-order valence-electron chi connectivity index (χ4n) is 5.14. The number of benzene rings is 3. The third-order valence-electron chi connectivity index (χ3n) is 7.74. The van der Waals surface area contributed by atoms with Crippen molar-refractivity contribution in [2.75, 3.05) is 51.7 Å². The molecule has 1 fully saturated rings. The molecular weight excluding hydrogens is 583 g/mol. The van der Waals surface area contributed by atoms with Crippen LogP contribution in [0.3, 0.4) is 0 Å². The zero-order valence-electron chi connectivity index (χ0n) is 25.1. The molecule has 4 aromatic rings. The normalized spacial score (nSPS) is 13.9. The summed E-state index contributed by atoms with van der Waals surface area (Å²) in [5, 5.41) is 3.46. The number of carbonyl (C=O) groups excluding carboxylic acids is 1. The van der Waals surface area contributed by atoms with Gasteiger partial charge in [0.05, 0.1) is 17.9 Å². The van der Waals surface area contributed by atoms with E-state index < -0.39 is 11.9 Å². The lowest BCUT2D eigenvalue weighted by molar-refractivity contribution is 0.145. The second kappa shape index (κ2) is 14.0. The number of primary amides is 1. The van der Waals surface area contributed by atoms with E-state index in [-0.39, 0.29) is 17.6 Å². The maximum absolute atomic E-state index is 15.1. The molecular formula is C33H36ClFN6O3. The van der Waals surface area contributed by atoms with Crippen LogP contribution < -0.4 is 20.5 Å². The Bertz CT molecular complexity index is 1640. The number of halogens is 2. The van der Waals surface area contributed by atoms with Crippen LogP contribution in [0.15, 0.2) is 60.7 Å². The molecule has 230 valence electrons. The van der Waals surface area contributed by atoms with Crippen molar-refractivity contribution in [1.29, 1.82) is 0 Å². The summed E-state index contributed by atoms with van der Waals surface area (Å²) >= 11 is 6.59. The van der Waals surface area contributed by atoms with Crippen LogP contribution in [0.4, 0.5) is 20.8 Å². The number of hydrogen-bond acceptors (Lipinski definition) is 8. The first-order chi connectivity index (χ1) is 21.2. The van der Waals surface area contributed by atoms with Crippen LogP contribution >= 0.6 is 11.6 Å². The number of piperazine rings is 1. The van der Waals surface area contributed by atoms with E-state index in [1.54, 1.807) is 30.3 Å². The summed E-state index contributed by atoms with van der Waals surface area (Å²) in [5.41, 5.74) is 10.1. The van der Waals surface area contributed by atoms with E-state index in [0.717, 1.165) is 55.8 Å². The molecule has 0 radical (unpaired) electrons. The Morgan fingerprint density at radius 3 is 2.50 bits per heavy atom.